The zero-order chi connectivity index (χ0) is 20.7. The number of azo groups is 1. The van der Waals surface area contributed by atoms with Crippen molar-refractivity contribution in [3.63, 3.8) is 0 Å². The number of morpholine rings is 1. The SMILES string of the molecule is Cc1cccc(CN=Nc2nc(CCC[Si](C)(O)O)cc(N3CCOCC3)n2)c1. The Morgan fingerprint density at radius 1 is 1.17 bits per heavy atom. The highest BCUT2D eigenvalue weighted by molar-refractivity contribution is 6.63. The van der Waals surface area contributed by atoms with Crippen LogP contribution in [0.5, 0.6) is 0 Å². The third-order valence-corrected chi connectivity index (χ3v) is 5.97. The van der Waals surface area contributed by atoms with Crippen LogP contribution < -0.4 is 4.90 Å². The average Bonchev–Trinajstić information content (AvgIpc) is 2.68. The summed E-state index contributed by atoms with van der Waals surface area (Å²) in [5.41, 5.74) is 3.12. The molecule has 8 nitrogen and oxygen atoms in total. The van der Waals surface area contributed by atoms with Gasteiger partial charge in [0.25, 0.3) is 5.95 Å². The number of rotatable bonds is 8. The third kappa shape index (κ3) is 7.28. The van der Waals surface area contributed by atoms with Gasteiger partial charge in [-0.2, -0.15) is 10.1 Å². The predicted octanol–water partition coefficient (Wildman–Crippen LogP) is 2.89. The molecule has 0 spiro atoms. The predicted molar refractivity (Wildman–Crippen MR) is 114 cm³/mol. The molecule has 3 rings (SSSR count). The Kier molecular flexibility index (Phi) is 7.43. The van der Waals surface area contributed by atoms with Crippen LogP contribution in [0.1, 0.15) is 23.2 Å². The van der Waals surface area contributed by atoms with Crippen LogP contribution in [0.2, 0.25) is 12.6 Å². The number of hydrogen-bond donors (Lipinski definition) is 2. The van der Waals surface area contributed by atoms with E-state index in [2.05, 4.69) is 44.2 Å². The second kappa shape index (κ2) is 10.0. The molecule has 29 heavy (non-hydrogen) atoms. The molecule has 0 saturated carbocycles. The molecule has 2 heterocycles. The summed E-state index contributed by atoms with van der Waals surface area (Å²) >= 11 is 0. The minimum Gasteiger partial charge on any atom is -0.411 e. The molecular weight excluding hydrogens is 386 g/mol. The fourth-order valence-corrected chi connectivity index (χ4v) is 4.04. The maximum absolute atomic E-state index is 9.66. The number of anilines is 1. The highest BCUT2D eigenvalue weighted by Gasteiger charge is 2.21. The van der Waals surface area contributed by atoms with Gasteiger partial charge in [-0.25, -0.2) is 4.98 Å². The van der Waals surface area contributed by atoms with Crippen molar-refractivity contribution in [2.45, 2.75) is 38.9 Å². The first-order valence-corrected chi connectivity index (χ1v) is 12.6. The normalized spacial score (nSPS) is 15.2. The van der Waals surface area contributed by atoms with Gasteiger partial charge in [0.2, 0.25) is 0 Å². The van der Waals surface area contributed by atoms with E-state index in [1.54, 1.807) is 0 Å². The quantitative estimate of drug-likeness (QED) is 0.507. The van der Waals surface area contributed by atoms with Gasteiger partial charge in [-0.3, -0.25) is 0 Å². The summed E-state index contributed by atoms with van der Waals surface area (Å²) in [6.07, 6.45) is 1.30. The molecule has 2 N–H and O–H groups in total. The van der Waals surface area contributed by atoms with Crippen molar-refractivity contribution in [1.82, 2.24) is 9.97 Å². The van der Waals surface area contributed by atoms with Crippen molar-refractivity contribution >= 4 is 20.3 Å². The highest BCUT2D eigenvalue weighted by Crippen LogP contribution is 2.20. The lowest BCUT2D eigenvalue weighted by Gasteiger charge is -2.28. The Morgan fingerprint density at radius 2 is 1.97 bits per heavy atom. The van der Waals surface area contributed by atoms with E-state index in [0.717, 1.165) is 30.2 Å². The largest absolute Gasteiger partial charge is 0.411 e. The molecule has 0 bridgehead atoms. The van der Waals surface area contributed by atoms with Crippen molar-refractivity contribution < 1.29 is 14.3 Å². The molecule has 1 aliphatic heterocycles. The summed E-state index contributed by atoms with van der Waals surface area (Å²) < 4.78 is 5.43. The minimum atomic E-state index is -3.05. The zero-order valence-electron chi connectivity index (χ0n) is 17.1. The Bertz CT molecular complexity index is 835. The van der Waals surface area contributed by atoms with Crippen molar-refractivity contribution in [1.29, 1.82) is 0 Å². The van der Waals surface area contributed by atoms with Gasteiger partial charge < -0.3 is 19.2 Å². The number of ether oxygens (including phenoxy) is 1. The van der Waals surface area contributed by atoms with E-state index in [1.807, 2.05) is 18.2 Å². The number of benzene rings is 1. The summed E-state index contributed by atoms with van der Waals surface area (Å²) in [7, 11) is -3.05. The van der Waals surface area contributed by atoms with Gasteiger partial charge in [0.15, 0.2) is 0 Å². The molecule has 9 heteroatoms. The molecule has 156 valence electrons. The van der Waals surface area contributed by atoms with E-state index in [1.165, 1.54) is 12.1 Å². The monoisotopic (exact) mass is 415 g/mol. The number of aromatic nitrogens is 2. The van der Waals surface area contributed by atoms with Crippen LogP contribution in [0.4, 0.5) is 11.8 Å². The van der Waals surface area contributed by atoms with E-state index < -0.39 is 8.56 Å². The second-order valence-corrected chi connectivity index (χ2v) is 10.5. The molecular formula is C20H29N5O3Si. The van der Waals surface area contributed by atoms with E-state index in [9.17, 15) is 9.59 Å². The smallest absolute Gasteiger partial charge is 0.329 e. The van der Waals surface area contributed by atoms with E-state index in [-0.39, 0.29) is 0 Å². The lowest BCUT2D eigenvalue weighted by atomic mass is 10.1. The molecule has 0 aliphatic carbocycles. The molecule has 0 radical (unpaired) electrons. The molecule has 0 amide bonds. The third-order valence-electron chi connectivity index (χ3n) is 4.67. The maximum Gasteiger partial charge on any atom is 0.329 e. The molecule has 0 atom stereocenters. The van der Waals surface area contributed by atoms with Crippen LogP contribution in [-0.4, -0.2) is 54.4 Å². The second-order valence-electron chi connectivity index (χ2n) is 7.58. The van der Waals surface area contributed by atoms with E-state index >= 15 is 0 Å². The molecule has 2 aromatic rings. The molecule has 1 saturated heterocycles. The van der Waals surface area contributed by atoms with Gasteiger partial charge in [0, 0.05) is 24.8 Å². The Balaban J connectivity index is 1.74. The summed E-state index contributed by atoms with van der Waals surface area (Å²) in [5.74, 6) is 1.15. The zero-order valence-corrected chi connectivity index (χ0v) is 18.1. The fraction of sp³-hybridized carbons (Fsp3) is 0.500. The molecule has 1 fully saturated rings. The number of hydrogen-bond acceptors (Lipinski definition) is 8. The van der Waals surface area contributed by atoms with Crippen molar-refractivity contribution in [3.05, 3.63) is 47.2 Å². The lowest BCUT2D eigenvalue weighted by molar-refractivity contribution is 0.122. The van der Waals surface area contributed by atoms with Gasteiger partial charge in [-0.15, -0.1) is 5.11 Å². The van der Waals surface area contributed by atoms with Gasteiger partial charge in [-0.05, 0) is 37.9 Å². The Hall–Kier alpha value is -2.20. The molecule has 1 aliphatic rings. The molecule has 0 unspecified atom stereocenters. The van der Waals surface area contributed by atoms with Crippen molar-refractivity contribution in [3.8, 4) is 0 Å². The van der Waals surface area contributed by atoms with Gasteiger partial charge in [-0.1, -0.05) is 29.8 Å². The number of nitrogens with zero attached hydrogens (tertiary/aromatic N) is 5. The van der Waals surface area contributed by atoms with Crippen LogP contribution in [0.3, 0.4) is 0 Å². The Morgan fingerprint density at radius 3 is 2.69 bits per heavy atom. The van der Waals surface area contributed by atoms with E-state index in [4.69, 9.17) is 4.74 Å². The van der Waals surface area contributed by atoms with E-state index in [0.29, 0.717) is 44.6 Å². The van der Waals surface area contributed by atoms with Crippen LogP contribution in [0.15, 0.2) is 40.6 Å². The van der Waals surface area contributed by atoms with Gasteiger partial charge in [0.05, 0.1) is 19.8 Å². The molecule has 1 aromatic carbocycles. The standard InChI is InChI=1S/C20H29N5O3Si/c1-16-5-3-6-17(13-16)15-21-24-20-22-18(7-4-12-29(2,26)27)14-19(23-20)25-8-10-28-11-9-25/h3,5-6,13-14,26-27H,4,7-12,15H2,1-2H3. The fourth-order valence-electron chi connectivity index (χ4n) is 3.19. The summed E-state index contributed by atoms with van der Waals surface area (Å²) in [6.45, 7) is 6.93. The first-order chi connectivity index (χ1) is 13.9. The van der Waals surface area contributed by atoms with Crippen LogP contribution in [0, 0.1) is 6.92 Å². The van der Waals surface area contributed by atoms with Crippen molar-refractivity contribution in [2.75, 3.05) is 31.2 Å². The van der Waals surface area contributed by atoms with Gasteiger partial charge >= 0.3 is 8.56 Å². The summed E-state index contributed by atoms with van der Waals surface area (Å²) in [5, 5.41) is 8.54. The van der Waals surface area contributed by atoms with Crippen LogP contribution in [0.25, 0.3) is 0 Å². The number of aryl methyl sites for hydroxylation is 2. The topological polar surface area (TPSA) is 103 Å². The first kappa shape index (κ1) is 21.5. The first-order valence-electron chi connectivity index (χ1n) is 9.97. The minimum absolute atomic E-state index is 0.338. The average molecular weight is 416 g/mol. The molecule has 1 aromatic heterocycles. The summed E-state index contributed by atoms with van der Waals surface area (Å²) in [4.78, 5) is 30.6. The van der Waals surface area contributed by atoms with Crippen LogP contribution in [-0.2, 0) is 17.7 Å². The van der Waals surface area contributed by atoms with Crippen molar-refractivity contribution in [2.24, 2.45) is 10.2 Å². The van der Waals surface area contributed by atoms with Gasteiger partial charge in [0.1, 0.15) is 5.82 Å². The highest BCUT2D eigenvalue weighted by atomic mass is 28.4. The summed E-state index contributed by atoms with van der Waals surface area (Å²) in [6, 6.07) is 10.5. The Labute approximate surface area is 172 Å². The lowest BCUT2D eigenvalue weighted by Crippen LogP contribution is -2.36. The van der Waals surface area contributed by atoms with Crippen LogP contribution >= 0.6 is 0 Å². The maximum atomic E-state index is 9.66.